The van der Waals surface area contributed by atoms with Crippen molar-refractivity contribution in [2.24, 2.45) is 5.41 Å². The Labute approximate surface area is 58.7 Å². The van der Waals surface area contributed by atoms with E-state index in [1.165, 1.54) is 32.1 Å². The molecule has 2 radical (unpaired) electrons. The van der Waals surface area contributed by atoms with E-state index >= 15 is 0 Å². The van der Waals surface area contributed by atoms with Gasteiger partial charge in [0.1, 0.15) is 0 Å². The van der Waals surface area contributed by atoms with E-state index in [9.17, 15) is 0 Å². The van der Waals surface area contributed by atoms with Crippen LogP contribution in [-0.2, 0) is 0 Å². The second kappa shape index (κ2) is 2.72. The van der Waals surface area contributed by atoms with Crippen LogP contribution in [0.4, 0.5) is 0 Å². The maximum absolute atomic E-state index is 3.53. The molecular weight excluding hydrogens is 108 g/mol. The molecule has 0 aromatic heterocycles. The van der Waals surface area contributed by atoms with Crippen molar-refractivity contribution in [2.75, 3.05) is 0 Å². The zero-order chi connectivity index (χ0) is 6.74. The van der Waals surface area contributed by atoms with E-state index in [1.807, 2.05) is 0 Å². The van der Waals surface area contributed by atoms with Crippen molar-refractivity contribution >= 4 is 0 Å². The lowest BCUT2D eigenvalue weighted by Crippen LogP contribution is -2.09. The zero-order valence-corrected chi connectivity index (χ0v) is 6.54. The van der Waals surface area contributed by atoms with Crippen LogP contribution in [-0.4, -0.2) is 0 Å². The molecule has 0 bridgehead atoms. The van der Waals surface area contributed by atoms with Gasteiger partial charge in [-0.05, 0) is 31.1 Å². The third-order valence-corrected chi connectivity index (χ3v) is 2.26. The lowest BCUT2D eigenvalue weighted by Gasteiger charge is -2.20. The van der Waals surface area contributed by atoms with Crippen molar-refractivity contribution in [1.82, 2.24) is 0 Å². The summed E-state index contributed by atoms with van der Waals surface area (Å²) in [7, 11) is 0. The topological polar surface area (TPSA) is 0 Å². The van der Waals surface area contributed by atoms with Gasteiger partial charge in [-0.2, -0.15) is 0 Å². The fourth-order valence-corrected chi connectivity index (χ4v) is 1.72. The quantitative estimate of drug-likeness (QED) is 0.530. The van der Waals surface area contributed by atoms with E-state index in [4.69, 9.17) is 0 Å². The van der Waals surface area contributed by atoms with Crippen molar-refractivity contribution in [3.63, 3.8) is 0 Å². The van der Waals surface area contributed by atoms with E-state index in [0.717, 1.165) is 0 Å². The Hall–Kier alpha value is 0. The molecule has 0 N–H and O–H groups in total. The van der Waals surface area contributed by atoms with Crippen molar-refractivity contribution < 1.29 is 0 Å². The molecule has 0 aliphatic heterocycles. The second-order valence-corrected chi connectivity index (χ2v) is 3.34. The van der Waals surface area contributed by atoms with E-state index < -0.39 is 0 Å². The summed E-state index contributed by atoms with van der Waals surface area (Å²) < 4.78 is 0. The third kappa shape index (κ3) is 1.70. The smallest absolute Gasteiger partial charge is 0.0109 e. The van der Waals surface area contributed by atoms with Crippen LogP contribution in [0.1, 0.15) is 46.0 Å². The summed E-state index contributed by atoms with van der Waals surface area (Å²) in [6.07, 6.45) is 10.2. The average Bonchev–Trinajstić information content (AvgIpc) is 2.16. The van der Waals surface area contributed by atoms with Crippen molar-refractivity contribution in [1.29, 1.82) is 0 Å². The lowest BCUT2D eigenvalue weighted by molar-refractivity contribution is 0.367. The molecule has 0 heterocycles. The van der Waals surface area contributed by atoms with Gasteiger partial charge in [0.2, 0.25) is 0 Å². The first-order chi connectivity index (χ1) is 4.27. The molecule has 52 valence electrons. The monoisotopic (exact) mass is 124 g/mol. The standard InChI is InChI=1S/C9H16/c1-3-6-9(2)7-4-5-8-9/h3-7H2,1-2H3. The Balaban J connectivity index is 2.32. The van der Waals surface area contributed by atoms with Crippen LogP contribution in [0.2, 0.25) is 0 Å². The molecule has 1 aliphatic carbocycles. The Morgan fingerprint density at radius 2 is 2.33 bits per heavy atom. The van der Waals surface area contributed by atoms with Crippen LogP contribution in [0.25, 0.3) is 0 Å². The third-order valence-electron chi connectivity index (χ3n) is 2.26. The summed E-state index contributed by atoms with van der Waals surface area (Å²) in [5.41, 5.74) is 0.495. The van der Waals surface area contributed by atoms with Gasteiger partial charge in [-0.3, -0.25) is 0 Å². The predicted molar refractivity (Wildman–Crippen MR) is 40.1 cm³/mol. The lowest BCUT2D eigenvalue weighted by atomic mass is 9.84. The van der Waals surface area contributed by atoms with Gasteiger partial charge >= 0.3 is 0 Å². The maximum Gasteiger partial charge on any atom is -0.0109 e. The molecule has 0 aromatic carbocycles. The molecule has 1 rings (SSSR count). The number of hydrogen-bond acceptors (Lipinski definition) is 0. The van der Waals surface area contributed by atoms with Crippen molar-refractivity contribution in [3.8, 4) is 0 Å². The molecule has 1 aliphatic rings. The molecule has 0 spiro atoms. The Morgan fingerprint density at radius 1 is 1.56 bits per heavy atom. The van der Waals surface area contributed by atoms with Gasteiger partial charge in [0, 0.05) is 0 Å². The minimum atomic E-state index is 0.495. The molecule has 0 heteroatoms. The highest BCUT2D eigenvalue weighted by Gasteiger charge is 2.27. The van der Waals surface area contributed by atoms with Gasteiger partial charge in [-0.15, -0.1) is 0 Å². The predicted octanol–water partition coefficient (Wildman–Crippen LogP) is 3.06. The van der Waals surface area contributed by atoms with Gasteiger partial charge in [-0.25, -0.2) is 0 Å². The summed E-state index contributed by atoms with van der Waals surface area (Å²) in [5.74, 6) is 0. The minimum absolute atomic E-state index is 0.495. The summed E-state index contributed by atoms with van der Waals surface area (Å²) in [6.45, 7) is 4.59. The molecule has 0 amide bonds. The largest absolute Gasteiger partial charge is 0.0654 e. The van der Waals surface area contributed by atoms with Gasteiger partial charge in [0.15, 0.2) is 0 Å². The van der Waals surface area contributed by atoms with Crippen LogP contribution >= 0.6 is 0 Å². The molecule has 1 atom stereocenters. The first-order valence-electron chi connectivity index (χ1n) is 4.02. The van der Waals surface area contributed by atoms with Gasteiger partial charge in [-0.1, -0.05) is 26.7 Å². The molecule has 1 fully saturated rings. The maximum atomic E-state index is 3.53. The summed E-state index contributed by atoms with van der Waals surface area (Å²) in [4.78, 5) is 0. The van der Waals surface area contributed by atoms with Crippen molar-refractivity contribution in [2.45, 2.75) is 46.0 Å². The van der Waals surface area contributed by atoms with E-state index in [0.29, 0.717) is 5.41 Å². The molecule has 0 saturated heterocycles. The van der Waals surface area contributed by atoms with Gasteiger partial charge in [0.25, 0.3) is 0 Å². The molecule has 1 unspecified atom stereocenters. The Bertz CT molecular complexity index is 78.0. The van der Waals surface area contributed by atoms with Crippen LogP contribution in [0.3, 0.4) is 0 Å². The SMILES string of the molecule is CCCC1(C)[C]CCC1. The van der Waals surface area contributed by atoms with E-state index in [1.54, 1.807) is 0 Å². The number of hydrogen-bond donors (Lipinski definition) is 0. The Morgan fingerprint density at radius 3 is 2.78 bits per heavy atom. The van der Waals surface area contributed by atoms with Crippen LogP contribution in [0, 0.1) is 11.8 Å². The van der Waals surface area contributed by atoms with Crippen molar-refractivity contribution in [3.05, 3.63) is 6.42 Å². The second-order valence-electron chi connectivity index (χ2n) is 3.34. The number of rotatable bonds is 2. The molecule has 9 heavy (non-hydrogen) atoms. The first kappa shape index (κ1) is 7.11. The Kier molecular flexibility index (Phi) is 2.15. The highest BCUT2D eigenvalue weighted by molar-refractivity contribution is 4.93. The highest BCUT2D eigenvalue weighted by Crippen LogP contribution is 2.40. The summed E-state index contributed by atoms with van der Waals surface area (Å²) in [5, 5.41) is 0. The summed E-state index contributed by atoms with van der Waals surface area (Å²) >= 11 is 0. The fourth-order valence-electron chi connectivity index (χ4n) is 1.72. The van der Waals surface area contributed by atoms with E-state index in [-0.39, 0.29) is 0 Å². The summed E-state index contributed by atoms with van der Waals surface area (Å²) in [6, 6.07) is 0. The minimum Gasteiger partial charge on any atom is -0.0654 e. The van der Waals surface area contributed by atoms with Crippen LogP contribution in [0.5, 0.6) is 0 Å². The van der Waals surface area contributed by atoms with Crippen LogP contribution in [0.15, 0.2) is 0 Å². The van der Waals surface area contributed by atoms with Gasteiger partial charge in [0.05, 0.1) is 0 Å². The molecule has 0 nitrogen and oxygen atoms in total. The zero-order valence-electron chi connectivity index (χ0n) is 6.54. The highest BCUT2D eigenvalue weighted by atomic mass is 14.3. The molecule has 0 aromatic rings. The average molecular weight is 124 g/mol. The van der Waals surface area contributed by atoms with Gasteiger partial charge < -0.3 is 0 Å². The molecular formula is C9H16. The first-order valence-corrected chi connectivity index (χ1v) is 4.02. The van der Waals surface area contributed by atoms with Crippen LogP contribution < -0.4 is 0 Å². The molecule has 1 saturated carbocycles. The normalized spacial score (nSPS) is 24.7. The fraction of sp³-hybridized carbons (Fsp3) is 0.889. The van der Waals surface area contributed by atoms with E-state index in [2.05, 4.69) is 20.3 Å².